The first-order valence-corrected chi connectivity index (χ1v) is 9.30. The largest absolute Gasteiger partial charge is 0.495 e. The van der Waals surface area contributed by atoms with Gasteiger partial charge in [-0.1, -0.05) is 6.07 Å². The fourth-order valence-corrected chi connectivity index (χ4v) is 3.76. The van der Waals surface area contributed by atoms with Crippen molar-refractivity contribution in [2.75, 3.05) is 7.11 Å². The summed E-state index contributed by atoms with van der Waals surface area (Å²) in [4.78, 5) is 8.64. The molecule has 3 heterocycles. The van der Waals surface area contributed by atoms with Crippen LogP contribution in [0.1, 0.15) is 24.6 Å². The molecule has 0 atom stereocenters. The predicted molar refractivity (Wildman–Crippen MR) is 108 cm³/mol. The van der Waals surface area contributed by atoms with Crippen LogP contribution in [0.4, 0.5) is 0 Å². The van der Waals surface area contributed by atoms with E-state index in [1.807, 2.05) is 25.4 Å². The first-order valence-electron chi connectivity index (χ1n) is 9.30. The number of pyridine rings is 2. The zero-order valence-corrected chi connectivity index (χ0v) is 15.5. The Labute approximate surface area is 158 Å². The van der Waals surface area contributed by atoms with E-state index in [1.165, 1.54) is 35.0 Å². The van der Waals surface area contributed by atoms with E-state index in [2.05, 4.69) is 50.9 Å². The van der Waals surface area contributed by atoms with E-state index in [0.29, 0.717) is 6.04 Å². The third-order valence-electron chi connectivity index (χ3n) is 5.23. The highest BCUT2D eigenvalue weighted by atomic mass is 16.5. The van der Waals surface area contributed by atoms with Crippen LogP contribution < -0.4 is 4.74 Å². The molecule has 5 rings (SSSR count). The van der Waals surface area contributed by atoms with E-state index >= 15 is 0 Å². The van der Waals surface area contributed by atoms with Crippen LogP contribution in [-0.2, 0) is 0 Å². The number of methoxy groups -OCH3 is 1. The van der Waals surface area contributed by atoms with E-state index in [9.17, 15) is 0 Å². The molecule has 0 aliphatic heterocycles. The van der Waals surface area contributed by atoms with Crippen molar-refractivity contribution in [1.29, 1.82) is 0 Å². The minimum Gasteiger partial charge on any atom is -0.495 e. The molecule has 1 fully saturated rings. The van der Waals surface area contributed by atoms with Crippen LogP contribution in [0.25, 0.3) is 33.3 Å². The average Bonchev–Trinajstić information content (AvgIpc) is 3.47. The van der Waals surface area contributed by atoms with Gasteiger partial charge in [0.25, 0.3) is 0 Å². The van der Waals surface area contributed by atoms with Gasteiger partial charge >= 0.3 is 0 Å². The second-order valence-electron chi connectivity index (χ2n) is 7.20. The first-order chi connectivity index (χ1) is 13.2. The summed E-state index contributed by atoms with van der Waals surface area (Å²) in [6, 6.07) is 15.9. The minimum atomic E-state index is 0.607. The summed E-state index contributed by atoms with van der Waals surface area (Å²) in [6.45, 7) is 2.04. The van der Waals surface area contributed by atoms with Crippen molar-refractivity contribution in [1.82, 2.24) is 14.5 Å². The number of fused-ring (bicyclic) bond motifs is 1. The van der Waals surface area contributed by atoms with Crippen molar-refractivity contribution in [2.24, 2.45) is 0 Å². The van der Waals surface area contributed by atoms with Crippen molar-refractivity contribution >= 4 is 10.9 Å². The average molecular weight is 355 g/mol. The van der Waals surface area contributed by atoms with Gasteiger partial charge < -0.3 is 9.30 Å². The highest BCUT2D eigenvalue weighted by Crippen LogP contribution is 2.43. The smallest absolute Gasteiger partial charge is 0.137 e. The summed E-state index contributed by atoms with van der Waals surface area (Å²) < 4.78 is 7.82. The molecule has 0 amide bonds. The Bertz CT molecular complexity index is 1140. The Morgan fingerprint density at radius 3 is 2.63 bits per heavy atom. The Balaban J connectivity index is 1.67. The van der Waals surface area contributed by atoms with E-state index in [1.54, 1.807) is 13.3 Å². The van der Waals surface area contributed by atoms with Crippen LogP contribution in [0.3, 0.4) is 0 Å². The van der Waals surface area contributed by atoms with Crippen LogP contribution in [0.5, 0.6) is 5.75 Å². The van der Waals surface area contributed by atoms with E-state index in [-0.39, 0.29) is 0 Å². The summed E-state index contributed by atoms with van der Waals surface area (Å²) >= 11 is 0. The first kappa shape index (κ1) is 16.1. The molecule has 0 N–H and O–H groups in total. The molecule has 1 aliphatic rings. The lowest BCUT2D eigenvalue weighted by Crippen LogP contribution is -1.97. The standard InChI is InChI=1S/C23H21N3O/c1-15-9-17(7-8-25-15)23-12-18-10-16(19-11-21(27-2)14-24-13-19)3-6-22(18)26(23)20-4-5-20/h3,6-14,20H,4-5H2,1-2H3. The van der Waals surface area contributed by atoms with Crippen molar-refractivity contribution in [3.8, 4) is 28.1 Å². The van der Waals surface area contributed by atoms with Gasteiger partial charge in [-0.3, -0.25) is 9.97 Å². The maximum atomic E-state index is 5.32. The topological polar surface area (TPSA) is 39.9 Å². The number of benzene rings is 1. The fourth-order valence-electron chi connectivity index (χ4n) is 3.76. The summed E-state index contributed by atoms with van der Waals surface area (Å²) in [6.07, 6.45) is 8.02. The van der Waals surface area contributed by atoms with Crippen molar-refractivity contribution in [2.45, 2.75) is 25.8 Å². The number of hydrogen-bond acceptors (Lipinski definition) is 3. The van der Waals surface area contributed by atoms with Gasteiger partial charge in [0, 0.05) is 51.9 Å². The van der Waals surface area contributed by atoms with Gasteiger partial charge in [-0.2, -0.15) is 0 Å². The minimum absolute atomic E-state index is 0.607. The summed E-state index contributed by atoms with van der Waals surface area (Å²) in [7, 11) is 1.67. The normalized spacial score (nSPS) is 13.9. The van der Waals surface area contributed by atoms with Gasteiger partial charge in [-0.25, -0.2) is 0 Å². The third kappa shape index (κ3) is 2.87. The predicted octanol–water partition coefficient (Wildman–Crippen LogP) is 5.42. The fraction of sp³-hybridized carbons (Fsp3) is 0.217. The Morgan fingerprint density at radius 1 is 0.963 bits per heavy atom. The quantitative estimate of drug-likeness (QED) is 0.491. The van der Waals surface area contributed by atoms with Gasteiger partial charge in [0.1, 0.15) is 5.75 Å². The highest BCUT2D eigenvalue weighted by molar-refractivity contribution is 5.91. The summed E-state index contributed by atoms with van der Waals surface area (Å²) in [5.41, 5.74) is 7.06. The molecule has 0 radical (unpaired) electrons. The van der Waals surface area contributed by atoms with Crippen molar-refractivity contribution in [3.05, 3.63) is 66.7 Å². The molecular formula is C23H21N3O. The van der Waals surface area contributed by atoms with Crippen LogP contribution in [0, 0.1) is 6.92 Å². The highest BCUT2D eigenvalue weighted by Gasteiger charge is 2.27. The molecule has 134 valence electrons. The maximum absolute atomic E-state index is 5.32. The van der Waals surface area contributed by atoms with Gasteiger partial charge in [-0.15, -0.1) is 0 Å². The molecule has 4 nitrogen and oxygen atoms in total. The molecular weight excluding hydrogens is 334 g/mol. The van der Waals surface area contributed by atoms with Crippen LogP contribution in [-0.4, -0.2) is 21.6 Å². The Morgan fingerprint density at radius 2 is 1.85 bits per heavy atom. The monoisotopic (exact) mass is 355 g/mol. The van der Waals surface area contributed by atoms with Gasteiger partial charge in [0.05, 0.1) is 13.3 Å². The Hall–Kier alpha value is -3.14. The van der Waals surface area contributed by atoms with Crippen LogP contribution >= 0.6 is 0 Å². The molecule has 1 aliphatic carbocycles. The van der Waals surface area contributed by atoms with Crippen LogP contribution in [0.2, 0.25) is 0 Å². The lowest BCUT2D eigenvalue weighted by molar-refractivity contribution is 0.413. The zero-order chi connectivity index (χ0) is 18.4. The molecule has 0 saturated heterocycles. The Kier molecular flexibility index (Phi) is 3.71. The molecule has 1 saturated carbocycles. The molecule has 0 unspecified atom stereocenters. The lowest BCUT2D eigenvalue weighted by atomic mass is 10.1. The summed E-state index contributed by atoms with van der Waals surface area (Å²) in [5, 5.41) is 1.26. The number of hydrogen-bond donors (Lipinski definition) is 0. The molecule has 4 heteroatoms. The van der Waals surface area contributed by atoms with E-state index < -0.39 is 0 Å². The maximum Gasteiger partial charge on any atom is 0.137 e. The van der Waals surface area contributed by atoms with Gasteiger partial charge in [0.15, 0.2) is 0 Å². The van der Waals surface area contributed by atoms with Crippen molar-refractivity contribution < 1.29 is 4.74 Å². The molecule has 0 bridgehead atoms. The molecule has 3 aromatic heterocycles. The molecule has 27 heavy (non-hydrogen) atoms. The zero-order valence-electron chi connectivity index (χ0n) is 15.5. The van der Waals surface area contributed by atoms with E-state index in [0.717, 1.165) is 22.6 Å². The second kappa shape index (κ2) is 6.23. The number of rotatable bonds is 4. The lowest BCUT2D eigenvalue weighted by Gasteiger charge is -2.10. The molecule has 0 spiro atoms. The van der Waals surface area contributed by atoms with Gasteiger partial charge in [0.2, 0.25) is 0 Å². The molecule has 4 aromatic rings. The number of aryl methyl sites for hydroxylation is 1. The SMILES string of the molecule is COc1cncc(-c2ccc3c(c2)cc(-c2ccnc(C)c2)n3C2CC2)c1. The third-order valence-corrected chi connectivity index (χ3v) is 5.23. The van der Waals surface area contributed by atoms with Crippen LogP contribution in [0.15, 0.2) is 61.1 Å². The molecule has 1 aromatic carbocycles. The second-order valence-corrected chi connectivity index (χ2v) is 7.20. The van der Waals surface area contributed by atoms with E-state index in [4.69, 9.17) is 4.74 Å². The van der Waals surface area contributed by atoms with Crippen molar-refractivity contribution in [3.63, 3.8) is 0 Å². The number of ether oxygens (including phenoxy) is 1. The number of aromatic nitrogens is 3. The summed E-state index contributed by atoms with van der Waals surface area (Å²) in [5.74, 6) is 0.774. The number of nitrogens with zero attached hydrogens (tertiary/aromatic N) is 3. The van der Waals surface area contributed by atoms with Gasteiger partial charge in [-0.05, 0) is 61.7 Å².